The summed E-state index contributed by atoms with van der Waals surface area (Å²) in [5.74, 6) is -1.19. The molecule has 27 heavy (non-hydrogen) atoms. The lowest BCUT2D eigenvalue weighted by atomic mass is 10.1. The summed E-state index contributed by atoms with van der Waals surface area (Å²) < 4.78 is 28.8. The minimum absolute atomic E-state index is 0.0141. The SMILES string of the molecule is CC(Cn1cncn1)C(=O)N1CCc2nc(-c3ccc(F)cc3F)[nH]c2C1. The standard InChI is InChI=1S/C18H18F2N6O/c1-11(7-26-10-21-9-22-26)18(27)25-5-4-15-16(8-25)24-17(23-15)13-3-2-12(19)6-14(13)20/h2-3,6,9-11H,4-5,7-8H2,1H3,(H,23,24). The third-order valence-corrected chi connectivity index (χ3v) is 4.68. The molecule has 1 unspecified atom stereocenters. The molecule has 1 N–H and O–H groups in total. The first-order valence-electron chi connectivity index (χ1n) is 8.65. The number of imidazole rings is 1. The van der Waals surface area contributed by atoms with Crippen LogP contribution in [0.25, 0.3) is 11.4 Å². The number of rotatable bonds is 4. The van der Waals surface area contributed by atoms with E-state index in [4.69, 9.17) is 0 Å². The van der Waals surface area contributed by atoms with Gasteiger partial charge < -0.3 is 9.88 Å². The van der Waals surface area contributed by atoms with Gasteiger partial charge in [-0.1, -0.05) is 6.92 Å². The first-order valence-corrected chi connectivity index (χ1v) is 8.65. The molecule has 0 saturated heterocycles. The highest BCUT2D eigenvalue weighted by Gasteiger charge is 2.27. The average molecular weight is 372 g/mol. The predicted molar refractivity (Wildman–Crippen MR) is 92.2 cm³/mol. The molecule has 0 spiro atoms. The average Bonchev–Trinajstić information content (AvgIpc) is 3.29. The Bertz CT molecular complexity index is 968. The van der Waals surface area contributed by atoms with E-state index in [2.05, 4.69) is 20.1 Å². The van der Waals surface area contributed by atoms with Crippen LogP contribution in [-0.4, -0.2) is 42.1 Å². The van der Waals surface area contributed by atoms with E-state index in [0.29, 0.717) is 31.9 Å². The molecule has 0 radical (unpaired) electrons. The zero-order chi connectivity index (χ0) is 19.0. The van der Waals surface area contributed by atoms with Crippen LogP contribution in [-0.2, 0) is 24.3 Å². The van der Waals surface area contributed by atoms with E-state index in [1.54, 1.807) is 15.9 Å². The predicted octanol–water partition coefficient (Wildman–Crippen LogP) is 2.17. The van der Waals surface area contributed by atoms with E-state index in [1.165, 1.54) is 18.5 Å². The highest BCUT2D eigenvalue weighted by molar-refractivity contribution is 5.78. The van der Waals surface area contributed by atoms with Gasteiger partial charge in [0.05, 0.1) is 36.0 Å². The zero-order valence-corrected chi connectivity index (χ0v) is 14.7. The van der Waals surface area contributed by atoms with Gasteiger partial charge in [-0.25, -0.2) is 18.7 Å². The van der Waals surface area contributed by atoms with Crippen molar-refractivity contribution in [1.82, 2.24) is 29.6 Å². The van der Waals surface area contributed by atoms with Crippen LogP contribution in [0.3, 0.4) is 0 Å². The van der Waals surface area contributed by atoms with Crippen LogP contribution >= 0.6 is 0 Å². The van der Waals surface area contributed by atoms with Crippen LogP contribution < -0.4 is 0 Å². The number of benzene rings is 1. The Hall–Kier alpha value is -3.10. The van der Waals surface area contributed by atoms with Crippen molar-refractivity contribution in [3.8, 4) is 11.4 Å². The highest BCUT2D eigenvalue weighted by Crippen LogP contribution is 2.26. The Morgan fingerprint density at radius 1 is 1.37 bits per heavy atom. The summed E-state index contributed by atoms with van der Waals surface area (Å²) in [6.07, 6.45) is 3.60. The van der Waals surface area contributed by atoms with Gasteiger partial charge in [0.2, 0.25) is 5.91 Å². The highest BCUT2D eigenvalue weighted by atomic mass is 19.1. The summed E-state index contributed by atoms with van der Waals surface area (Å²) in [6.45, 7) is 3.23. The van der Waals surface area contributed by atoms with Crippen LogP contribution in [0, 0.1) is 17.6 Å². The first-order chi connectivity index (χ1) is 13.0. The monoisotopic (exact) mass is 372 g/mol. The maximum atomic E-state index is 14.0. The maximum absolute atomic E-state index is 14.0. The molecule has 4 rings (SSSR count). The third kappa shape index (κ3) is 3.44. The fraction of sp³-hybridized carbons (Fsp3) is 0.333. The quantitative estimate of drug-likeness (QED) is 0.761. The van der Waals surface area contributed by atoms with Crippen LogP contribution in [0.15, 0.2) is 30.9 Å². The van der Waals surface area contributed by atoms with E-state index in [1.807, 2.05) is 6.92 Å². The number of amides is 1. The van der Waals surface area contributed by atoms with Gasteiger partial charge >= 0.3 is 0 Å². The van der Waals surface area contributed by atoms with Crippen LogP contribution in [0.5, 0.6) is 0 Å². The Morgan fingerprint density at radius 2 is 2.22 bits per heavy atom. The van der Waals surface area contributed by atoms with E-state index in [0.717, 1.165) is 17.5 Å². The minimum Gasteiger partial charge on any atom is -0.340 e. The lowest BCUT2D eigenvalue weighted by Gasteiger charge is -2.28. The third-order valence-electron chi connectivity index (χ3n) is 4.68. The van der Waals surface area contributed by atoms with Gasteiger partial charge in [0, 0.05) is 19.0 Å². The fourth-order valence-corrected chi connectivity index (χ4v) is 3.29. The number of H-pyrrole nitrogens is 1. The lowest BCUT2D eigenvalue weighted by molar-refractivity contribution is -0.136. The molecule has 3 heterocycles. The topological polar surface area (TPSA) is 79.7 Å². The number of carbonyl (C=O) groups excluding carboxylic acids is 1. The number of aromatic nitrogens is 5. The molecular weight excluding hydrogens is 354 g/mol. The molecule has 1 aliphatic heterocycles. The van der Waals surface area contributed by atoms with Gasteiger partial charge in [-0.15, -0.1) is 0 Å². The molecule has 1 atom stereocenters. The van der Waals surface area contributed by atoms with E-state index in [-0.39, 0.29) is 17.4 Å². The second kappa shape index (κ2) is 6.90. The lowest BCUT2D eigenvalue weighted by Crippen LogP contribution is -2.40. The number of halogens is 2. The molecule has 2 aromatic heterocycles. The van der Waals surface area contributed by atoms with Gasteiger partial charge in [0.15, 0.2) is 0 Å². The molecule has 7 nitrogen and oxygen atoms in total. The smallest absolute Gasteiger partial charge is 0.227 e. The number of aromatic amines is 1. The summed E-state index contributed by atoms with van der Waals surface area (Å²) >= 11 is 0. The number of carbonyl (C=O) groups is 1. The molecule has 0 bridgehead atoms. The number of fused-ring (bicyclic) bond motifs is 1. The van der Waals surface area contributed by atoms with Crippen molar-refractivity contribution in [2.75, 3.05) is 6.54 Å². The molecule has 1 aromatic carbocycles. The van der Waals surface area contributed by atoms with Gasteiger partial charge in [-0.05, 0) is 12.1 Å². The van der Waals surface area contributed by atoms with E-state index in [9.17, 15) is 13.6 Å². The van der Waals surface area contributed by atoms with Gasteiger partial charge in [0.1, 0.15) is 30.1 Å². The van der Waals surface area contributed by atoms with Crippen molar-refractivity contribution < 1.29 is 13.6 Å². The Kier molecular flexibility index (Phi) is 4.43. The number of nitrogens with zero attached hydrogens (tertiary/aromatic N) is 5. The molecule has 1 aliphatic rings. The zero-order valence-electron chi connectivity index (χ0n) is 14.7. The molecule has 3 aromatic rings. The summed E-state index contributed by atoms with van der Waals surface area (Å²) in [5, 5.41) is 4.03. The summed E-state index contributed by atoms with van der Waals surface area (Å²) in [5.41, 5.74) is 1.80. The van der Waals surface area contributed by atoms with E-state index < -0.39 is 11.6 Å². The Morgan fingerprint density at radius 3 is 2.96 bits per heavy atom. The first kappa shape index (κ1) is 17.3. The van der Waals surface area contributed by atoms with Crippen molar-refractivity contribution in [3.05, 3.63) is 53.9 Å². The molecule has 1 amide bonds. The van der Waals surface area contributed by atoms with Crippen molar-refractivity contribution in [2.45, 2.75) is 26.4 Å². The van der Waals surface area contributed by atoms with E-state index >= 15 is 0 Å². The second-order valence-corrected chi connectivity index (χ2v) is 6.66. The van der Waals surface area contributed by atoms with Crippen molar-refractivity contribution in [2.24, 2.45) is 5.92 Å². The molecular formula is C18H18F2N6O. The van der Waals surface area contributed by atoms with Crippen molar-refractivity contribution in [1.29, 1.82) is 0 Å². The maximum Gasteiger partial charge on any atom is 0.227 e. The van der Waals surface area contributed by atoms with Crippen LogP contribution in [0.4, 0.5) is 8.78 Å². The Labute approximate surface area is 154 Å². The summed E-state index contributed by atoms with van der Waals surface area (Å²) in [7, 11) is 0. The summed E-state index contributed by atoms with van der Waals surface area (Å²) in [4.78, 5) is 25.9. The largest absolute Gasteiger partial charge is 0.340 e. The van der Waals surface area contributed by atoms with Crippen LogP contribution in [0.1, 0.15) is 18.3 Å². The van der Waals surface area contributed by atoms with Gasteiger partial charge in [0.25, 0.3) is 0 Å². The molecule has 9 heteroatoms. The molecule has 0 aliphatic carbocycles. The molecule has 0 saturated carbocycles. The summed E-state index contributed by atoms with van der Waals surface area (Å²) in [6, 6.07) is 3.39. The normalized spacial score (nSPS) is 14.9. The number of hydrogen-bond acceptors (Lipinski definition) is 4. The molecule has 0 fully saturated rings. The van der Waals surface area contributed by atoms with Gasteiger partial charge in [-0.3, -0.25) is 9.48 Å². The number of hydrogen-bond donors (Lipinski definition) is 1. The number of nitrogens with one attached hydrogen (secondary N) is 1. The van der Waals surface area contributed by atoms with Gasteiger partial charge in [-0.2, -0.15) is 5.10 Å². The molecule has 140 valence electrons. The van der Waals surface area contributed by atoms with Crippen molar-refractivity contribution >= 4 is 5.91 Å². The minimum atomic E-state index is -0.671. The fourth-order valence-electron chi connectivity index (χ4n) is 3.29. The Balaban J connectivity index is 1.50. The second-order valence-electron chi connectivity index (χ2n) is 6.66. The van der Waals surface area contributed by atoms with Crippen molar-refractivity contribution in [3.63, 3.8) is 0 Å². The van der Waals surface area contributed by atoms with Crippen LogP contribution in [0.2, 0.25) is 0 Å².